The zero-order chi connectivity index (χ0) is 23.3. The maximum atomic E-state index is 11.1. The molecule has 1 aliphatic heterocycles. The van der Waals surface area contributed by atoms with Crippen molar-refractivity contribution in [3.8, 4) is 0 Å². The number of ether oxygens (including phenoxy) is 2. The summed E-state index contributed by atoms with van der Waals surface area (Å²) < 4.78 is 11.4. The lowest BCUT2D eigenvalue weighted by molar-refractivity contribution is -0.140. The molecule has 180 valence electrons. The van der Waals surface area contributed by atoms with E-state index in [9.17, 15) is 4.79 Å². The summed E-state index contributed by atoms with van der Waals surface area (Å²) in [6, 6.07) is 19.6. The summed E-state index contributed by atoms with van der Waals surface area (Å²) >= 11 is 0. The highest BCUT2D eigenvalue weighted by Gasteiger charge is 2.24. The highest BCUT2D eigenvalue weighted by Crippen LogP contribution is 2.30. The second kappa shape index (κ2) is 14.2. The van der Waals surface area contributed by atoms with E-state index >= 15 is 0 Å². The third kappa shape index (κ3) is 8.60. The first-order valence-corrected chi connectivity index (χ1v) is 12.8. The molecule has 1 fully saturated rings. The zero-order valence-corrected chi connectivity index (χ0v) is 20.5. The second-order valence-corrected chi connectivity index (χ2v) is 9.16. The average Bonchev–Trinajstić information content (AvgIpc) is 2.88. The maximum Gasteiger partial charge on any atom is 0.305 e. The van der Waals surface area contributed by atoms with Gasteiger partial charge < -0.3 is 14.4 Å². The molecule has 0 radical (unpaired) electrons. The minimum atomic E-state index is -0.0902. The Bertz CT molecular complexity index is 797. The van der Waals surface area contributed by atoms with Crippen molar-refractivity contribution in [1.82, 2.24) is 4.90 Å². The molecule has 2 aromatic carbocycles. The van der Waals surface area contributed by atoms with Crippen LogP contribution in [0, 0.1) is 0 Å². The van der Waals surface area contributed by atoms with Gasteiger partial charge in [0.15, 0.2) is 0 Å². The number of benzene rings is 2. The third-order valence-electron chi connectivity index (χ3n) is 6.74. The number of esters is 1. The Morgan fingerprint density at radius 2 is 1.55 bits per heavy atom. The molecule has 3 rings (SSSR count). The van der Waals surface area contributed by atoms with E-state index in [1.165, 1.54) is 49.6 Å². The summed E-state index contributed by atoms with van der Waals surface area (Å²) in [5, 5.41) is 0. The van der Waals surface area contributed by atoms with Crippen LogP contribution in [0.2, 0.25) is 0 Å². The summed E-state index contributed by atoms with van der Waals surface area (Å²) in [6.07, 6.45) is 9.83. The van der Waals surface area contributed by atoms with Gasteiger partial charge in [-0.2, -0.15) is 0 Å². The van der Waals surface area contributed by atoms with Gasteiger partial charge in [-0.3, -0.25) is 4.79 Å². The molecule has 0 bridgehead atoms. The van der Waals surface area contributed by atoms with Crippen molar-refractivity contribution in [2.45, 2.75) is 76.9 Å². The predicted molar refractivity (Wildman–Crippen MR) is 134 cm³/mol. The lowest BCUT2D eigenvalue weighted by Crippen LogP contribution is -2.38. The zero-order valence-electron chi connectivity index (χ0n) is 20.5. The number of piperidine rings is 1. The molecule has 0 N–H and O–H groups in total. The lowest BCUT2D eigenvalue weighted by atomic mass is 9.98. The Balaban J connectivity index is 1.41. The van der Waals surface area contributed by atoms with Crippen molar-refractivity contribution in [3.05, 3.63) is 71.3 Å². The van der Waals surface area contributed by atoms with Gasteiger partial charge >= 0.3 is 5.97 Å². The topological polar surface area (TPSA) is 38.8 Å². The number of unbranched alkanes of at least 4 members (excludes halogenated alkanes) is 4. The van der Waals surface area contributed by atoms with Gasteiger partial charge in [-0.25, -0.2) is 0 Å². The van der Waals surface area contributed by atoms with Crippen molar-refractivity contribution >= 4 is 5.97 Å². The van der Waals surface area contributed by atoms with Crippen LogP contribution in [0.15, 0.2) is 54.6 Å². The van der Waals surface area contributed by atoms with Gasteiger partial charge in [0.05, 0.1) is 13.2 Å². The van der Waals surface area contributed by atoms with Crippen LogP contribution in [-0.2, 0) is 20.7 Å². The Labute approximate surface area is 200 Å². The summed E-state index contributed by atoms with van der Waals surface area (Å²) in [5.41, 5.74) is 3.84. The molecule has 0 aliphatic carbocycles. The molecule has 1 atom stereocenters. The SMILES string of the molecule is CCc1ccc(C(OC2CCN(CCCCCCCC(=O)OC)CC2)c2ccccc2)cc1. The van der Waals surface area contributed by atoms with Gasteiger partial charge in [-0.1, -0.05) is 80.8 Å². The van der Waals surface area contributed by atoms with E-state index in [0.29, 0.717) is 12.5 Å². The number of methoxy groups -OCH3 is 1. The predicted octanol–water partition coefficient (Wildman–Crippen LogP) is 6.33. The molecular weight excluding hydrogens is 410 g/mol. The van der Waals surface area contributed by atoms with Crippen molar-refractivity contribution in [1.29, 1.82) is 0 Å². The van der Waals surface area contributed by atoms with E-state index in [2.05, 4.69) is 66.4 Å². The first-order valence-electron chi connectivity index (χ1n) is 12.8. The number of nitrogens with zero attached hydrogens (tertiary/aromatic N) is 1. The van der Waals surface area contributed by atoms with Gasteiger partial charge in [0.2, 0.25) is 0 Å². The van der Waals surface area contributed by atoms with Crippen LogP contribution in [0.25, 0.3) is 0 Å². The van der Waals surface area contributed by atoms with E-state index in [4.69, 9.17) is 9.47 Å². The Morgan fingerprint density at radius 1 is 0.909 bits per heavy atom. The van der Waals surface area contributed by atoms with Crippen molar-refractivity contribution < 1.29 is 14.3 Å². The van der Waals surface area contributed by atoms with Crippen LogP contribution in [0.5, 0.6) is 0 Å². The number of carbonyl (C=O) groups is 1. The van der Waals surface area contributed by atoms with E-state index in [-0.39, 0.29) is 12.1 Å². The molecule has 33 heavy (non-hydrogen) atoms. The highest BCUT2D eigenvalue weighted by molar-refractivity contribution is 5.68. The van der Waals surface area contributed by atoms with Gasteiger partial charge in [0, 0.05) is 19.5 Å². The van der Waals surface area contributed by atoms with E-state index < -0.39 is 0 Å². The first kappa shape index (κ1) is 25.5. The normalized spacial score (nSPS) is 15.9. The van der Waals surface area contributed by atoms with Crippen molar-refractivity contribution in [2.75, 3.05) is 26.7 Å². The molecular formula is C29H41NO3. The number of rotatable bonds is 13. The van der Waals surface area contributed by atoms with Gasteiger partial charge in [0.25, 0.3) is 0 Å². The molecule has 1 unspecified atom stereocenters. The first-order chi connectivity index (χ1) is 16.2. The minimum Gasteiger partial charge on any atom is -0.469 e. The molecule has 0 aromatic heterocycles. The smallest absolute Gasteiger partial charge is 0.305 e. The maximum absolute atomic E-state index is 11.1. The van der Waals surface area contributed by atoms with Crippen LogP contribution < -0.4 is 0 Å². The quantitative estimate of drug-likeness (QED) is 0.263. The van der Waals surface area contributed by atoms with Gasteiger partial charge in [0.1, 0.15) is 6.10 Å². The second-order valence-electron chi connectivity index (χ2n) is 9.16. The van der Waals surface area contributed by atoms with Crippen LogP contribution in [0.4, 0.5) is 0 Å². The summed E-state index contributed by atoms with van der Waals surface area (Å²) in [5.74, 6) is -0.0902. The molecule has 1 aliphatic rings. The fraction of sp³-hybridized carbons (Fsp3) is 0.552. The molecule has 1 heterocycles. The average molecular weight is 452 g/mol. The van der Waals surface area contributed by atoms with Crippen LogP contribution in [-0.4, -0.2) is 43.7 Å². The van der Waals surface area contributed by atoms with E-state index in [0.717, 1.165) is 45.2 Å². The Morgan fingerprint density at radius 3 is 2.21 bits per heavy atom. The number of likely N-dealkylation sites (tertiary alicyclic amines) is 1. The fourth-order valence-electron chi connectivity index (χ4n) is 4.60. The largest absolute Gasteiger partial charge is 0.469 e. The van der Waals surface area contributed by atoms with Gasteiger partial charge in [-0.05, 0) is 55.3 Å². The Kier molecular flexibility index (Phi) is 10.9. The number of aryl methyl sites for hydroxylation is 1. The standard InChI is InChI=1S/C29H41NO3/c1-3-24-15-17-26(18-16-24)29(25-12-8-7-9-13-25)33-27-19-22-30(23-20-27)21-11-6-4-5-10-14-28(31)32-2/h7-9,12-13,15-18,27,29H,3-6,10-11,14,19-23H2,1-2H3. The van der Waals surface area contributed by atoms with Crippen LogP contribution in [0.1, 0.15) is 81.1 Å². The molecule has 0 saturated carbocycles. The number of carbonyl (C=O) groups excluding carboxylic acids is 1. The van der Waals surface area contributed by atoms with Crippen molar-refractivity contribution in [3.63, 3.8) is 0 Å². The molecule has 0 amide bonds. The lowest BCUT2D eigenvalue weighted by Gasteiger charge is -2.34. The Hall–Kier alpha value is -2.17. The van der Waals surface area contributed by atoms with Crippen LogP contribution in [0.3, 0.4) is 0 Å². The summed E-state index contributed by atoms with van der Waals surface area (Å²) in [4.78, 5) is 13.7. The molecule has 2 aromatic rings. The highest BCUT2D eigenvalue weighted by atomic mass is 16.5. The minimum absolute atomic E-state index is 0.00125. The third-order valence-corrected chi connectivity index (χ3v) is 6.74. The molecule has 1 saturated heterocycles. The number of hydrogen-bond donors (Lipinski definition) is 0. The molecule has 4 heteroatoms. The number of hydrogen-bond acceptors (Lipinski definition) is 4. The summed E-state index contributed by atoms with van der Waals surface area (Å²) in [7, 11) is 1.46. The van der Waals surface area contributed by atoms with E-state index in [1.807, 2.05) is 0 Å². The van der Waals surface area contributed by atoms with Crippen molar-refractivity contribution in [2.24, 2.45) is 0 Å². The van der Waals surface area contributed by atoms with Crippen LogP contribution >= 0.6 is 0 Å². The monoisotopic (exact) mass is 451 g/mol. The van der Waals surface area contributed by atoms with E-state index in [1.54, 1.807) is 0 Å². The summed E-state index contributed by atoms with van der Waals surface area (Å²) in [6.45, 7) is 5.59. The molecule has 4 nitrogen and oxygen atoms in total. The molecule has 0 spiro atoms. The van der Waals surface area contributed by atoms with Gasteiger partial charge in [-0.15, -0.1) is 0 Å². The fourth-order valence-corrected chi connectivity index (χ4v) is 4.60.